The van der Waals surface area contributed by atoms with Gasteiger partial charge >= 0.3 is 6.18 Å². The zero-order chi connectivity index (χ0) is 14.0. The van der Waals surface area contributed by atoms with E-state index in [4.69, 9.17) is 11.6 Å². The van der Waals surface area contributed by atoms with Crippen molar-refractivity contribution >= 4 is 38.9 Å². The third-order valence-electron chi connectivity index (χ3n) is 2.28. The molecular formula is C12H7BrClF3N2. The van der Waals surface area contributed by atoms with E-state index < -0.39 is 11.7 Å². The Morgan fingerprint density at radius 2 is 1.95 bits per heavy atom. The Labute approximate surface area is 120 Å². The van der Waals surface area contributed by atoms with Crippen molar-refractivity contribution in [2.24, 2.45) is 0 Å². The van der Waals surface area contributed by atoms with Crippen molar-refractivity contribution in [2.45, 2.75) is 6.18 Å². The Kier molecular flexibility index (Phi) is 4.01. The molecule has 0 fully saturated rings. The molecule has 0 radical (unpaired) electrons. The molecule has 0 aliphatic rings. The van der Waals surface area contributed by atoms with E-state index in [0.29, 0.717) is 10.2 Å². The number of benzene rings is 1. The van der Waals surface area contributed by atoms with Crippen LogP contribution in [0.2, 0.25) is 5.02 Å². The summed E-state index contributed by atoms with van der Waals surface area (Å²) in [6, 6.07) is 4.94. The van der Waals surface area contributed by atoms with Crippen molar-refractivity contribution in [2.75, 3.05) is 5.32 Å². The predicted molar refractivity (Wildman–Crippen MR) is 71.7 cm³/mol. The van der Waals surface area contributed by atoms with E-state index in [2.05, 4.69) is 26.2 Å². The molecule has 0 unspecified atom stereocenters. The SMILES string of the molecule is FC(F)(F)c1cc(Cl)cc(Nc2ccncc2Br)c1. The lowest BCUT2D eigenvalue weighted by atomic mass is 10.2. The van der Waals surface area contributed by atoms with Gasteiger partial charge in [0.25, 0.3) is 0 Å². The van der Waals surface area contributed by atoms with Gasteiger partial charge in [0.1, 0.15) is 0 Å². The second-order valence-electron chi connectivity index (χ2n) is 3.71. The largest absolute Gasteiger partial charge is 0.416 e. The highest BCUT2D eigenvalue weighted by Crippen LogP contribution is 2.34. The van der Waals surface area contributed by atoms with Gasteiger partial charge in [0.2, 0.25) is 0 Å². The van der Waals surface area contributed by atoms with Crippen LogP contribution >= 0.6 is 27.5 Å². The standard InChI is InChI=1S/C12H7BrClF3N2/c13-10-6-18-2-1-11(10)19-9-4-7(12(15,16)17)3-8(14)5-9/h1-6H,(H,18,19). The fraction of sp³-hybridized carbons (Fsp3) is 0.0833. The minimum atomic E-state index is -4.43. The fourth-order valence-electron chi connectivity index (χ4n) is 1.46. The van der Waals surface area contributed by atoms with Crippen LogP contribution in [0, 0.1) is 0 Å². The average molecular weight is 352 g/mol. The molecule has 2 nitrogen and oxygen atoms in total. The lowest BCUT2D eigenvalue weighted by Gasteiger charge is -2.12. The van der Waals surface area contributed by atoms with E-state index in [9.17, 15) is 13.2 Å². The predicted octanol–water partition coefficient (Wildman–Crippen LogP) is 5.26. The van der Waals surface area contributed by atoms with E-state index in [1.54, 1.807) is 6.07 Å². The molecule has 7 heteroatoms. The average Bonchev–Trinajstić information content (AvgIpc) is 2.30. The molecule has 0 spiro atoms. The summed E-state index contributed by atoms with van der Waals surface area (Å²) in [6.07, 6.45) is -1.36. The van der Waals surface area contributed by atoms with Crippen molar-refractivity contribution in [1.29, 1.82) is 0 Å². The van der Waals surface area contributed by atoms with Crippen molar-refractivity contribution in [1.82, 2.24) is 4.98 Å². The van der Waals surface area contributed by atoms with Gasteiger partial charge in [0.05, 0.1) is 15.7 Å². The normalized spacial score (nSPS) is 11.4. The zero-order valence-electron chi connectivity index (χ0n) is 9.30. The maximum absolute atomic E-state index is 12.7. The highest BCUT2D eigenvalue weighted by molar-refractivity contribution is 9.10. The number of aromatic nitrogens is 1. The highest BCUT2D eigenvalue weighted by Gasteiger charge is 2.31. The Balaban J connectivity index is 2.36. The second kappa shape index (κ2) is 5.38. The molecule has 0 aliphatic heterocycles. The van der Waals surface area contributed by atoms with Gasteiger partial charge < -0.3 is 5.32 Å². The topological polar surface area (TPSA) is 24.9 Å². The number of anilines is 2. The van der Waals surface area contributed by atoms with Crippen LogP contribution in [0.5, 0.6) is 0 Å². The summed E-state index contributed by atoms with van der Waals surface area (Å²) in [5.41, 5.74) is 0.0600. The van der Waals surface area contributed by atoms with Crippen LogP contribution in [0.1, 0.15) is 5.56 Å². The van der Waals surface area contributed by atoms with Crippen molar-refractivity contribution in [3.05, 3.63) is 51.7 Å². The van der Waals surface area contributed by atoms with E-state index in [0.717, 1.165) is 12.1 Å². The number of alkyl halides is 3. The van der Waals surface area contributed by atoms with Crippen molar-refractivity contribution in [3.8, 4) is 0 Å². The third kappa shape index (κ3) is 3.61. The van der Waals surface area contributed by atoms with Crippen LogP contribution in [0.15, 0.2) is 41.1 Å². The zero-order valence-corrected chi connectivity index (χ0v) is 11.6. The Hall–Kier alpha value is -1.27. The second-order valence-corrected chi connectivity index (χ2v) is 5.00. The number of rotatable bonds is 2. The van der Waals surface area contributed by atoms with Gasteiger partial charge in [-0.3, -0.25) is 4.98 Å². The number of halogens is 5. The van der Waals surface area contributed by atoms with Crippen LogP contribution in [-0.4, -0.2) is 4.98 Å². The first-order chi connectivity index (χ1) is 8.86. The van der Waals surface area contributed by atoms with Crippen LogP contribution in [-0.2, 0) is 6.18 Å². The molecule has 0 aliphatic carbocycles. The number of hydrogen-bond donors (Lipinski definition) is 1. The fourth-order valence-corrected chi connectivity index (χ4v) is 2.04. The molecule has 1 aromatic heterocycles. The minimum Gasteiger partial charge on any atom is -0.354 e. The Bertz CT molecular complexity index is 602. The minimum absolute atomic E-state index is 0.0162. The summed E-state index contributed by atoms with van der Waals surface area (Å²) < 4.78 is 38.6. The lowest BCUT2D eigenvalue weighted by molar-refractivity contribution is -0.137. The first-order valence-electron chi connectivity index (χ1n) is 5.10. The van der Waals surface area contributed by atoms with E-state index in [1.807, 2.05) is 0 Å². The van der Waals surface area contributed by atoms with Crippen LogP contribution < -0.4 is 5.32 Å². The van der Waals surface area contributed by atoms with Gasteiger partial charge in [-0.1, -0.05) is 11.6 Å². The Morgan fingerprint density at radius 3 is 2.58 bits per heavy atom. The van der Waals surface area contributed by atoms with E-state index in [1.165, 1.54) is 18.5 Å². The summed E-state index contributed by atoms with van der Waals surface area (Å²) in [5, 5.41) is 2.87. The smallest absolute Gasteiger partial charge is 0.354 e. The van der Waals surface area contributed by atoms with Crippen molar-refractivity contribution < 1.29 is 13.2 Å². The van der Waals surface area contributed by atoms with Crippen LogP contribution in [0.4, 0.5) is 24.5 Å². The van der Waals surface area contributed by atoms with E-state index >= 15 is 0 Å². The summed E-state index contributed by atoms with van der Waals surface area (Å²) in [7, 11) is 0. The van der Waals surface area contributed by atoms with Gasteiger partial charge in [-0.2, -0.15) is 13.2 Å². The first-order valence-corrected chi connectivity index (χ1v) is 6.28. The quantitative estimate of drug-likeness (QED) is 0.798. The molecule has 1 aromatic carbocycles. The molecule has 100 valence electrons. The van der Waals surface area contributed by atoms with Gasteiger partial charge in [0, 0.05) is 23.1 Å². The molecule has 0 saturated carbocycles. The van der Waals surface area contributed by atoms with Gasteiger partial charge in [0.15, 0.2) is 0 Å². The number of nitrogens with one attached hydrogen (secondary N) is 1. The summed E-state index contributed by atoms with van der Waals surface area (Å²) in [5.74, 6) is 0. The monoisotopic (exact) mass is 350 g/mol. The first kappa shape index (κ1) is 14.1. The van der Waals surface area contributed by atoms with Crippen LogP contribution in [0.25, 0.3) is 0 Å². The van der Waals surface area contributed by atoms with Crippen molar-refractivity contribution in [3.63, 3.8) is 0 Å². The van der Waals surface area contributed by atoms with Gasteiger partial charge in [-0.05, 0) is 40.2 Å². The van der Waals surface area contributed by atoms with E-state index in [-0.39, 0.29) is 10.7 Å². The molecule has 0 atom stereocenters. The number of nitrogens with zero attached hydrogens (tertiary/aromatic N) is 1. The summed E-state index contributed by atoms with van der Waals surface area (Å²) in [6.45, 7) is 0. The maximum atomic E-state index is 12.7. The van der Waals surface area contributed by atoms with Gasteiger partial charge in [-0.25, -0.2) is 0 Å². The molecule has 1 N–H and O–H groups in total. The molecule has 2 aromatic rings. The number of pyridine rings is 1. The molecular weight excluding hydrogens is 344 g/mol. The lowest BCUT2D eigenvalue weighted by Crippen LogP contribution is -2.05. The van der Waals surface area contributed by atoms with Crippen LogP contribution in [0.3, 0.4) is 0 Å². The molecule has 2 rings (SSSR count). The molecule has 0 saturated heterocycles. The third-order valence-corrected chi connectivity index (χ3v) is 3.13. The maximum Gasteiger partial charge on any atom is 0.416 e. The number of hydrogen-bond acceptors (Lipinski definition) is 2. The molecule has 1 heterocycles. The molecule has 19 heavy (non-hydrogen) atoms. The Morgan fingerprint density at radius 1 is 1.21 bits per heavy atom. The van der Waals surface area contributed by atoms with Gasteiger partial charge in [-0.15, -0.1) is 0 Å². The molecule has 0 bridgehead atoms. The summed E-state index contributed by atoms with van der Waals surface area (Å²) >= 11 is 8.95. The summed E-state index contributed by atoms with van der Waals surface area (Å²) in [4.78, 5) is 3.87. The highest BCUT2D eigenvalue weighted by atomic mass is 79.9. The molecule has 0 amide bonds.